The fourth-order valence-electron chi connectivity index (χ4n) is 5.37. The van der Waals surface area contributed by atoms with Gasteiger partial charge in [0.15, 0.2) is 6.61 Å². The van der Waals surface area contributed by atoms with Crippen molar-refractivity contribution in [1.29, 1.82) is 0 Å². The van der Waals surface area contributed by atoms with Gasteiger partial charge in [-0.25, -0.2) is 4.79 Å². The number of halogens is 1. The van der Waals surface area contributed by atoms with Crippen molar-refractivity contribution in [2.24, 2.45) is 7.05 Å². The van der Waals surface area contributed by atoms with Crippen molar-refractivity contribution >= 4 is 38.6 Å². The Balaban J connectivity index is 1.48. The number of carbonyl (C=O) groups excluding carboxylic acids is 2. The van der Waals surface area contributed by atoms with Gasteiger partial charge in [0.1, 0.15) is 0 Å². The van der Waals surface area contributed by atoms with Crippen LogP contribution < -0.4 is 0 Å². The number of fused-ring (bicyclic) bond motifs is 2. The number of esters is 1. The number of likely N-dealkylation sites (N-methyl/N-ethyl adjacent to an activating group) is 1. The zero-order valence-electron chi connectivity index (χ0n) is 17.6. The molecule has 31 heavy (non-hydrogen) atoms. The van der Waals surface area contributed by atoms with Crippen LogP contribution in [0.5, 0.6) is 0 Å². The van der Waals surface area contributed by atoms with E-state index in [4.69, 9.17) is 4.74 Å². The lowest BCUT2D eigenvalue weighted by atomic mass is 9.74. The quantitative estimate of drug-likeness (QED) is 0.414. The number of Topliss-reactive ketones (excluding diaryl/α,β-unsaturated/α-hetero) is 1. The number of nitrogens with zero attached hydrogens (tertiary/aromatic N) is 3. The molecule has 0 saturated carbocycles. The maximum atomic E-state index is 13.3. The summed E-state index contributed by atoms with van der Waals surface area (Å²) in [4.78, 5) is 32.1. The molecule has 1 aliphatic carbocycles. The fraction of sp³-hybridized carbons (Fsp3) is 0.375. The van der Waals surface area contributed by atoms with Crippen molar-refractivity contribution in [3.05, 3.63) is 63.5 Å². The molecule has 1 saturated heterocycles. The summed E-state index contributed by atoms with van der Waals surface area (Å²) >= 11 is 3.30. The topological polar surface area (TPSA) is 64.4 Å². The van der Waals surface area contributed by atoms with Gasteiger partial charge in [-0.15, -0.1) is 0 Å². The summed E-state index contributed by atoms with van der Waals surface area (Å²) in [5, 5.41) is 1.22. The molecule has 160 valence electrons. The Labute approximate surface area is 189 Å². The number of aryl methyl sites for hydroxylation is 1. The van der Waals surface area contributed by atoms with Crippen LogP contribution in [-0.2, 0) is 18.2 Å². The molecule has 3 aromatic rings. The molecule has 2 aliphatic rings. The normalized spacial score (nSPS) is 20.5. The number of hydrogen-bond donors (Lipinski definition) is 0. The van der Waals surface area contributed by atoms with E-state index in [1.807, 2.05) is 11.6 Å². The van der Waals surface area contributed by atoms with Crippen LogP contribution in [0.1, 0.15) is 50.7 Å². The summed E-state index contributed by atoms with van der Waals surface area (Å²) in [6, 6.07) is 8.41. The SMILES string of the molecule is CN1CCCC2c3cccc4c3c(c(C(=O)COC(=O)c3cncc(Br)c3)n4C)C[C@H]21. The third-order valence-corrected chi connectivity index (χ3v) is 7.20. The molecule has 1 aromatic carbocycles. The number of piperidine rings is 1. The molecule has 2 aromatic heterocycles. The summed E-state index contributed by atoms with van der Waals surface area (Å²) in [5.74, 6) is -0.225. The molecular weight excluding hydrogens is 458 g/mol. The highest BCUT2D eigenvalue weighted by molar-refractivity contribution is 9.10. The monoisotopic (exact) mass is 481 g/mol. The molecule has 3 heterocycles. The fourth-order valence-corrected chi connectivity index (χ4v) is 5.74. The Bertz CT molecular complexity index is 1200. The predicted molar refractivity (Wildman–Crippen MR) is 122 cm³/mol. The van der Waals surface area contributed by atoms with Gasteiger partial charge >= 0.3 is 5.97 Å². The average Bonchev–Trinajstić information content (AvgIpc) is 3.05. The molecule has 5 rings (SSSR count). The van der Waals surface area contributed by atoms with Crippen molar-refractivity contribution in [1.82, 2.24) is 14.5 Å². The molecule has 1 aliphatic heterocycles. The van der Waals surface area contributed by atoms with Crippen molar-refractivity contribution < 1.29 is 14.3 Å². The molecule has 7 heteroatoms. The molecule has 0 spiro atoms. The first kappa shape index (κ1) is 20.4. The minimum absolute atomic E-state index is 0.173. The minimum Gasteiger partial charge on any atom is -0.454 e. The highest BCUT2D eigenvalue weighted by Gasteiger charge is 2.38. The molecule has 1 fully saturated rings. The Kier molecular flexibility index (Phi) is 5.18. The lowest BCUT2D eigenvalue weighted by molar-refractivity contribution is 0.0471. The van der Waals surface area contributed by atoms with E-state index in [9.17, 15) is 9.59 Å². The molecule has 6 nitrogen and oxygen atoms in total. The number of carbonyl (C=O) groups is 2. The van der Waals surface area contributed by atoms with Gasteiger partial charge in [-0.05, 0) is 72.0 Å². The third kappa shape index (κ3) is 3.40. The molecule has 1 unspecified atom stereocenters. The Morgan fingerprint density at radius 3 is 2.90 bits per heavy atom. The molecule has 2 atom stereocenters. The highest BCUT2D eigenvalue weighted by atomic mass is 79.9. The number of aromatic nitrogens is 2. The number of hydrogen-bond acceptors (Lipinski definition) is 5. The summed E-state index contributed by atoms with van der Waals surface area (Å²) in [7, 11) is 4.11. The van der Waals surface area contributed by atoms with Crippen LogP contribution in [0.4, 0.5) is 0 Å². The predicted octanol–water partition coefficient (Wildman–Crippen LogP) is 4.11. The first-order valence-electron chi connectivity index (χ1n) is 10.6. The molecule has 0 N–H and O–H groups in total. The smallest absolute Gasteiger partial charge is 0.340 e. The van der Waals surface area contributed by atoms with Gasteiger partial charge in [0.05, 0.1) is 11.3 Å². The maximum absolute atomic E-state index is 13.3. The van der Waals surface area contributed by atoms with Crippen LogP contribution in [-0.4, -0.2) is 52.4 Å². The van der Waals surface area contributed by atoms with Gasteiger partial charge in [0, 0.05) is 46.8 Å². The van der Waals surface area contributed by atoms with E-state index in [1.165, 1.54) is 30.0 Å². The van der Waals surface area contributed by atoms with Crippen LogP contribution >= 0.6 is 15.9 Å². The van der Waals surface area contributed by atoms with Crippen LogP contribution in [0.25, 0.3) is 10.9 Å². The average molecular weight is 482 g/mol. The van der Waals surface area contributed by atoms with Gasteiger partial charge in [0.2, 0.25) is 5.78 Å². The number of ketones is 1. The molecular formula is C24H24BrN3O3. The van der Waals surface area contributed by atoms with E-state index in [1.54, 1.807) is 12.3 Å². The lowest BCUT2D eigenvalue weighted by Gasteiger charge is -2.42. The van der Waals surface area contributed by atoms with Crippen LogP contribution in [0.3, 0.4) is 0 Å². The van der Waals surface area contributed by atoms with E-state index < -0.39 is 5.97 Å². The van der Waals surface area contributed by atoms with Crippen molar-refractivity contribution in [3.8, 4) is 0 Å². The van der Waals surface area contributed by atoms with E-state index in [-0.39, 0.29) is 12.4 Å². The van der Waals surface area contributed by atoms with E-state index >= 15 is 0 Å². The number of benzene rings is 1. The van der Waals surface area contributed by atoms with Gasteiger partial charge in [-0.3, -0.25) is 9.78 Å². The third-order valence-electron chi connectivity index (χ3n) is 6.77. The highest BCUT2D eigenvalue weighted by Crippen LogP contribution is 2.44. The summed E-state index contributed by atoms with van der Waals surface area (Å²) in [6.45, 7) is 0.794. The number of pyridine rings is 1. The summed E-state index contributed by atoms with van der Waals surface area (Å²) in [6.07, 6.45) is 6.26. The second-order valence-electron chi connectivity index (χ2n) is 8.52. The standard InChI is InChI=1S/C24H24BrN3O3/c1-27-8-4-6-16-17-5-3-7-19-22(17)18(10-20(16)27)23(28(19)2)21(29)13-31-24(30)14-9-15(25)12-26-11-14/h3,5,7,9,11-12,16,20H,4,6,8,10,13H2,1-2H3/t16?,20-/m1/s1. The van der Waals surface area contributed by atoms with Crippen LogP contribution in [0.2, 0.25) is 0 Å². The summed E-state index contributed by atoms with van der Waals surface area (Å²) < 4.78 is 8.01. The van der Waals surface area contributed by atoms with E-state index in [0.717, 1.165) is 24.0 Å². The van der Waals surface area contributed by atoms with Crippen LogP contribution in [0, 0.1) is 0 Å². The number of rotatable bonds is 4. The van der Waals surface area contributed by atoms with Gasteiger partial charge < -0.3 is 14.2 Å². The largest absolute Gasteiger partial charge is 0.454 e. The van der Waals surface area contributed by atoms with Gasteiger partial charge in [-0.2, -0.15) is 0 Å². The second kappa shape index (κ2) is 7.88. The van der Waals surface area contributed by atoms with Crippen molar-refractivity contribution in [2.45, 2.75) is 31.2 Å². The Morgan fingerprint density at radius 1 is 1.26 bits per heavy atom. The van der Waals surface area contributed by atoms with Gasteiger partial charge in [0.25, 0.3) is 0 Å². The Hall–Kier alpha value is -2.51. The first-order chi connectivity index (χ1) is 15.0. The number of likely N-dealkylation sites (tertiary alicyclic amines) is 1. The summed E-state index contributed by atoms with van der Waals surface area (Å²) in [5.41, 5.74) is 4.48. The molecule has 0 bridgehead atoms. The molecule has 0 amide bonds. The lowest BCUT2D eigenvalue weighted by Crippen LogP contribution is -2.44. The van der Waals surface area contributed by atoms with E-state index in [0.29, 0.717) is 27.7 Å². The van der Waals surface area contributed by atoms with Crippen molar-refractivity contribution in [2.75, 3.05) is 20.2 Å². The van der Waals surface area contributed by atoms with E-state index in [2.05, 4.69) is 51.1 Å². The van der Waals surface area contributed by atoms with Gasteiger partial charge in [-0.1, -0.05) is 12.1 Å². The van der Waals surface area contributed by atoms with Crippen LogP contribution in [0.15, 0.2) is 41.1 Å². The Morgan fingerprint density at radius 2 is 2.10 bits per heavy atom. The zero-order valence-corrected chi connectivity index (χ0v) is 19.2. The first-order valence-corrected chi connectivity index (χ1v) is 11.4. The minimum atomic E-state index is -0.553. The second-order valence-corrected chi connectivity index (χ2v) is 9.44. The molecule has 0 radical (unpaired) electrons. The zero-order chi connectivity index (χ0) is 21.7. The van der Waals surface area contributed by atoms with Crippen molar-refractivity contribution in [3.63, 3.8) is 0 Å². The maximum Gasteiger partial charge on any atom is 0.340 e. The number of ether oxygens (including phenoxy) is 1.